The summed E-state index contributed by atoms with van der Waals surface area (Å²) in [6.07, 6.45) is 7.73. The summed E-state index contributed by atoms with van der Waals surface area (Å²) in [5.41, 5.74) is 8.89. The van der Waals surface area contributed by atoms with Gasteiger partial charge in [-0.05, 0) is 43.2 Å². The third-order valence-corrected chi connectivity index (χ3v) is 4.49. The summed E-state index contributed by atoms with van der Waals surface area (Å²) in [6.45, 7) is 4.46. The Morgan fingerprint density at radius 1 is 1.35 bits per heavy atom. The fourth-order valence-corrected chi connectivity index (χ4v) is 3.53. The van der Waals surface area contributed by atoms with Crippen molar-refractivity contribution in [3.8, 4) is 0 Å². The second kappa shape index (κ2) is 4.30. The molecule has 1 aromatic heterocycles. The number of nitrogens with zero attached hydrogens (tertiary/aromatic N) is 2. The minimum Gasteiger partial charge on any atom is -0.371 e. The Labute approximate surface area is 103 Å². The van der Waals surface area contributed by atoms with Crippen LogP contribution in [-0.4, -0.2) is 24.1 Å². The van der Waals surface area contributed by atoms with E-state index in [4.69, 9.17) is 5.73 Å². The molecule has 0 radical (unpaired) electrons. The molecule has 2 N–H and O–H groups in total. The van der Waals surface area contributed by atoms with Crippen molar-refractivity contribution in [2.75, 3.05) is 18.0 Å². The van der Waals surface area contributed by atoms with Crippen molar-refractivity contribution in [2.45, 2.75) is 32.2 Å². The van der Waals surface area contributed by atoms with Crippen molar-refractivity contribution < 1.29 is 0 Å². The number of aryl methyl sites for hydroxylation is 1. The predicted octanol–water partition coefficient (Wildman–Crippen LogP) is 1.95. The number of anilines is 1. The minimum absolute atomic E-state index is 0.417. The molecule has 1 aliphatic heterocycles. The van der Waals surface area contributed by atoms with Crippen LogP contribution in [0, 0.1) is 18.8 Å². The van der Waals surface area contributed by atoms with E-state index in [0.717, 1.165) is 12.5 Å². The van der Waals surface area contributed by atoms with Gasteiger partial charge in [0.15, 0.2) is 0 Å². The quantitative estimate of drug-likeness (QED) is 0.803. The van der Waals surface area contributed by atoms with Gasteiger partial charge in [-0.1, -0.05) is 6.42 Å². The molecule has 1 saturated carbocycles. The zero-order valence-corrected chi connectivity index (χ0v) is 10.5. The number of rotatable bonds is 1. The highest BCUT2D eigenvalue weighted by Crippen LogP contribution is 2.38. The van der Waals surface area contributed by atoms with Crippen LogP contribution in [0.4, 0.5) is 5.69 Å². The molecule has 17 heavy (non-hydrogen) atoms. The number of aromatic nitrogens is 1. The van der Waals surface area contributed by atoms with E-state index in [1.54, 1.807) is 0 Å². The average Bonchev–Trinajstić information content (AvgIpc) is 2.75. The van der Waals surface area contributed by atoms with E-state index >= 15 is 0 Å². The fraction of sp³-hybridized carbons (Fsp3) is 0.643. The number of nitrogens with two attached hydrogens (primary N) is 1. The smallest absolute Gasteiger partial charge is 0.0427 e. The summed E-state index contributed by atoms with van der Waals surface area (Å²) in [5, 5.41) is 0. The Bertz CT molecular complexity index is 404. The lowest BCUT2D eigenvalue weighted by Gasteiger charge is -2.29. The molecule has 0 spiro atoms. The molecule has 0 aromatic carbocycles. The summed E-state index contributed by atoms with van der Waals surface area (Å²) in [5.74, 6) is 1.52. The van der Waals surface area contributed by atoms with Gasteiger partial charge in [-0.15, -0.1) is 0 Å². The Hall–Kier alpha value is -1.09. The maximum absolute atomic E-state index is 6.26. The van der Waals surface area contributed by atoms with Crippen molar-refractivity contribution in [1.29, 1.82) is 0 Å². The van der Waals surface area contributed by atoms with Crippen molar-refractivity contribution in [3.05, 3.63) is 24.0 Å². The second-order valence-corrected chi connectivity index (χ2v) is 5.59. The first-order valence-corrected chi connectivity index (χ1v) is 6.67. The summed E-state index contributed by atoms with van der Waals surface area (Å²) >= 11 is 0. The van der Waals surface area contributed by atoms with Gasteiger partial charge < -0.3 is 10.6 Å². The van der Waals surface area contributed by atoms with Crippen LogP contribution in [0.3, 0.4) is 0 Å². The highest BCUT2D eigenvalue weighted by molar-refractivity contribution is 5.52. The van der Waals surface area contributed by atoms with E-state index in [0.29, 0.717) is 12.0 Å². The topological polar surface area (TPSA) is 42.2 Å². The molecule has 0 amide bonds. The van der Waals surface area contributed by atoms with Crippen LogP contribution in [0.5, 0.6) is 0 Å². The SMILES string of the molecule is Cc1cnccc1N1CC2CCCC(N)C2C1. The largest absolute Gasteiger partial charge is 0.371 e. The molecule has 3 nitrogen and oxygen atoms in total. The zero-order valence-electron chi connectivity index (χ0n) is 10.5. The van der Waals surface area contributed by atoms with Gasteiger partial charge in [-0.3, -0.25) is 4.98 Å². The predicted molar refractivity (Wildman–Crippen MR) is 70.0 cm³/mol. The third-order valence-electron chi connectivity index (χ3n) is 4.49. The molecular formula is C14H21N3. The molecule has 2 heterocycles. The molecule has 1 saturated heterocycles. The van der Waals surface area contributed by atoms with Gasteiger partial charge in [0.1, 0.15) is 0 Å². The molecule has 3 unspecified atom stereocenters. The highest BCUT2D eigenvalue weighted by atomic mass is 15.2. The Balaban J connectivity index is 1.81. The molecular weight excluding hydrogens is 210 g/mol. The van der Waals surface area contributed by atoms with Gasteiger partial charge in [0, 0.05) is 37.2 Å². The van der Waals surface area contributed by atoms with Crippen LogP contribution < -0.4 is 10.6 Å². The number of hydrogen-bond donors (Lipinski definition) is 1. The van der Waals surface area contributed by atoms with Gasteiger partial charge in [0.25, 0.3) is 0 Å². The number of fused-ring (bicyclic) bond motifs is 1. The maximum atomic E-state index is 6.26. The standard InChI is InChI=1S/C14H21N3/c1-10-7-16-6-5-14(10)17-8-11-3-2-4-13(15)12(11)9-17/h5-7,11-13H,2-4,8-9,15H2,1H3. The molecule has 3 atom stereocenters. The highest BCUT2D eigenvalue weighted by Gasteiger charge is 2.38. The fourth-order valence-electron chi connectivity index (χ4n) is 3.53. The normalized spacial score (nSPS) is 32.6. The molecule has 92 valence electrons. The molecule has 3 rings (SSSR count). The van der Waals surface area contributed by atoms with E-state index in [1.165, 1.54) is 37.1 Å². The monoisotopic (exact) mass is 231 g/mol. The maximum Gasteiger partial charge on any atom is 0.0427 e. The van der Waals surface area contributed by atoms with Gasteiger partial charge >= 0.3 is 0 Å². The van der Waals surface area contributed by atoms with Crippen LogP contribution in [0.1, 0.15) is 24.8 Å². The summed E-state index contributed by atoms with van der Waals surface area (Å²) in [6, 6.07) is 2.55. The lowest BCUT2D eigenvalue weighted by Crippen LogP contribution is -2.38. The van der Waals surface area contributed by atoms with Crippen molar-refractivity contribution in [3.63, 3.8) is 0 Å². The van der Waals surface area contributed by atoms with E-state index in [9.17, 15) is 0 Å². The van der Waals surface area contributed by atoms with Crippen LogP contribution in [0.2, 0.25) is 0 Å². The van der Waals surface area contributed by atoms with Gasteiger partial charge in [-0.25, -0.2) is 0 Å². The number of pyridine rings is 1. The van der Waals surface area contributed by atoms with E-state index in [1.807, 2.05) is 12.4 Å². The Morgan fingerprint density at radius 2 is 2.24 bits per heavy atom. The van der Waals surface area contributed by atoms with E-state index in [-0.39, 0.29) is 0 Å². The summed E-state index contributed by atoms with van der Waals surface area (Å²) < 4.78 is 0. The zero-order chi connectivity index (χ0) is 11.8. The van der Waals surface area contributed by atoms with Crippen LogP contribution >= 0.6 is 0 Å². The molecule has 3 heteroatoms. The Morgan fingerprint density at radius 3 is 3.00 bits per heavy atom. The lowest BCUT2D eigenvalue weighted by molar-refractivity contribution is 0.260. The molecule has 1 aromatic rings. The molecule has 2 aliphatic rings. The first-order valence-electron chi connectivity index (χ1n) is 6.67. The first kappa shape index (κ1) is 11.0. The van der Waals surface area contributed by atoms with Crippen molar-refractivity contribution in [2.24, 2.45) is 17.6 Å². The summed E-state index contributed by atoms with van der Waals surface area (Å²) in [4.78, 5) is 6.68. The van der Waals surface area contributed by atoms with Crippen LogP contribution in [0.25, 0.3) is 0 Å². The molecule has 1 aliphatic carbocycles. The molecule has 0 bridgehead atoms. The Kier molecular flexibility index (Phi) is 2.79. The minimum atomic E-state index is 0.417. The average molecular weight is 231 g/mol. The van der Waals surface area contributed by atoms with Gasteiger partial charge in [0.2, 0.25) is 0 Å². The third kappa shape index (κ3) is 1.93. The van der Waals surface area contributed by atoms with Crippen molar-refractivity contribution in [1.82, 2.24) is 4.98 Å². The summed E-state index contributed by atoms with van der Waals surface area (Å²) in [7, 11) is 0. The lowest BCUT2D eigenvalue weighted by atomic mass is 9.78. The molecule has 2 fully saturated rings. The van der Waals surface area contributed by atoms with Gasteiger partial charge in [0.05, 0.1) is 0 Å². The van der Waals surface area contributed by atoms with E-state index < -0.39 is 0 Å². The number of hydrogen-bond acceptors (Lipinski definition) is 3. The van der Waals surface area contributed by atoms with Crippen LogP contribution in [-0.2, 0) is 0 Å². The van der Waals surface area contributed by atoms with E-state index in [2.05, 4.69) is 22.9 Å². The second-order valence-electron chi connectivity index (χ2n) is 5.59. The van der Waals surface area contributed by atoms with Crippen LogP contribution in [0.15, 0.2) is 18.5 Å². The van der Waals surface area contributed by atoms with Crippen molar-refractivity contribution >= 4 is 5.69 Å². The first-order chi connectivity index (χ1) is 8.25. The van der Waals surface area contributed by atoms with Gasteiger partial charge in [-0.2, -0.15) is 0 Å².